The van der Waals surface area contributed by atoms with Crippen LogP contribution in [0.4, 0.5) is 0 Å². The van der Waals surface area contributed by atoms with Crippen LogP contribution in [0.5, 0.6) is 0 Å². The maximum absolute atomic E-state index is 5.88. The van der Waals surface area contributed by atoms with Gasteiger partial charge < -0.3 is 0 Å². The summed E-state index contributed by atoms with van der Waals surface area (Å²) in [5.74, 6) is 0. The number of imidazole rings is 1. The molecule has 0 N–H and O–H groups in total. The molecule has 0 fully saturated rings. The van der Waals surface area contributed by atoms with Crippen molar-refractivity contribution in [1.29, 1.82) is 0 Å². The van der Waals surface area contributed by atoms with E-state index >= 15 is 0 Å². The van der Waals surface area contributed by atoms with Crippen LogP contribution in [0.25, 0.3) is 5.65 Å². The summed E-state index contributed by atoms with van der Waals surface area (Å²) in [6, 6.07) is 0. The molecule has 0 aliphatic carbocycles. The van der Waals surface area contributed by atoms with Crippen molar-refractivity contribution in [1.82, 2.24) is 14.4 Å². The van der Waals surface area contributed by atoms with Crippen LogP contribution in [0, 0.1) is 6.92 Å². The number of hydrogen-bond acceptors (Lipinski definition) is 2. The first-order chi connectivity index (χ1) is 5.68. The maximum Gasteiger partial charge on any atom is 0.171 e. The number of aryl methyl sites for hydroxylation is 1. The summed E-state index contributed by atoms with van der Waals surface area (Å²) in [4.78, 5) is 8.26. The third-order valence-corrected chi connectivity index (χ3v) is 2.36. The Balaban J connectivity index is 2.93. The molecule has 0 amide bonds. The first kappa shape index (κ1) is 8.01. The van der Waals surface area contributed by atoms with Crippen LogP contribution in [0.3, 0.4) is 0 Å². The fourth-order valence-electron chi connectivity index (χ4n) is 1.04. The molecule has 0 aliphatic heterocycles. The molecule has 0 bridgehead atoms. The lowest BCUT2D eigenvalue weighted by molar-refractivity contribution is 1.11. The lowest BCUT2D eigenvalue weighted by Crippen LogP contribution is -1.88. The van der Waals surface area contributed by atoms with E-state index in [2.05, 4.69) is 25.9 Å². The Hall–Kier alpha value is -0.610. The number of aromatic nitrogens is 3. The van der Waals surface area contributed by atoms with Gasteiger partial charge in [-0.25, -0.2) is 9.97 Å². The van der Waals surface area contributed by atoms with Crippen molar-refractivity contribution in [3.8, 4) is 0 Å². The molecule has 0 saturated carbocycles. The summed E-state index contributed by atoms with van der Waals surface area (Å²) in [6.45, 7) is 1.91. The fraction of sp³-hybridized carbons (Fsp3) is 0.143. The second-order valence-corrected chi connectivity index (χ2v) is 3.59. The zero-order valence-electron chi connectivity index (χ0n) is 6.25. The molecule has 5 heteroatoms. The highest BCUT2D eigenvalue weighted by Crippen LogP contribution is 2.18. The van der Waals surface area contributed by atoms with Crippen LogP contribution in [0.1, 0.15) is 5.69 Å². The molecule has 0 spiro atoms. The van der Waals surface area contributed by atoms with Gasteiger partial charge in [0.2, 0.25) is 0 Å². The van der Waals surface area contributed by atoms with Crippen molar-refractivity contribution in [3.63, 3.8) is 0 Å². The van der Waals surface area contributed by atoms with E-state index in [-0.39, 0.29) is 0 Å². The van der Waals surface area contributed by atoms with E-state index in [1.54, 1.807) is 10.6 Å². The third kappa shape index (κ3) is 1.11. The van der Waals surface area contributed by atoms with Gasteiger partial charge in [0.25, 0.3) is 0 Å². The van der Waals surface area contributed by atoms with E-state index in [9.17, 15) is 0 Å². The molecular weight excluding hydrogens is 241 g/mol. The zero-order valence-corrected chi connectivity index (χ0v) is 8.59. The summed E-state index contributed by atoms with van der Waals surface area (Å²) in [6.07, 6.45) is 3.45. The van der Waals surface area contributed by atoms with E-state index in [1.165, 1.54) is 0 Å². The number of halogens is 2. The lowest BCUT2D eigenvalue weighted by Gasteiger charge is -1.96. The number of rotatable bonds is 0. The van der Waals surface area contributed by atoms with E-state index in [4.69, 9.17) is 11.6 Å². The van der Waals surface area contributed by atoms with E-state index in [0.717, 1.165) is 11.3 Å². The van der Waals surface area contributed by atoms with Gasteiger partial charge in [-0.15, -0.1) is 0 Å². The lowest BCUT2D eigenvalue weighted by atomic mass is 10.6. The molecule has 12 heavy (non-hydrogen) atoms. The minimum absolute atomic E-state index is 0.564. The maximum atomic E-state index is 5.88. The van der Waals surface area contributed by atoms with E-state index in [0.29, 0.717) is 9.76 Å². The van der Waals surface area contributed by atoms with Gasteiger partial charge in [0.15, 0.2) is 5.65 Å². The summed E-state index contributed by atoms with van der Waals surface area (Å²) in [7, 11) is 0. The molecule has 0 atom stereocenters. The molecule has 0 radical (unpaired) electrons. The Morgan fingerprint density at radius 1 is 1.58 bits per heavy atom. The quantitative estimate of drug-likeness (QED) is 0.715. The molecule has 3 nitrogen and oxygen atoms in total. The Morgan fingerprint density at radius 2 is 2.33 bits per heavy atom. The van der Waals surface area contributed by atoms with Crippen LogP contribution in [0.2, 0.25) is 5.15 Å². The molecule has 2 rings (SSSR count). The van der Waals surface area contributed by atoms with Crippen molar-refractivity contribution in [2.24, 2.45) is 0 Å². The molecule has 0 aromatic carbocycles. The summed E-state index contributed by atoms with van der Waals surface area (Å²) >= 11 is 9.17. The van der Waals surface area contributed by atoms with Crippen molar-refractivity contribution in [3.05, 3.63) is 27.8 Å². The van der Waals surface area contributed by atoms with Crippen LogP contribution in [-0.2, 0) is 0 Å². The van der Waals surface area contributed by atoms with E-state index in [1.807, 2.05) is 13.1 Å². The minimum atomic E-state index is 0.564. The van der Waals surface area contributed by atoms with Gasteiger partial charge in [-0.2, -0.15) is 0 Å². The van der Waals surface area contributed by atoms with Crippen LogP contribution >= 0.6 is 27.5 Å². The average molecular weight is 246 g/mol. The predicted octanol–water partition coefficient (Wildman–Crippen LogP) is 2.45. The van der Waals surface area contributed by atoms with Gasteiger partial charge in [0.1, 0.15) is 9.76 Å². The molecular formula is C7H5BrClN3. The summed E-state index contributed by atoms with van der Waals surface area (Å²) < 4.78 is 2.49. The van der Waals surface area contributed by atoms with Gasteiger partial charge in [-0.05, 0) is 22.9 Å². The monoisotopic (exact) mass is 245 g/mol. The minimum Gasteiger partial charge on any atom is -0.286 e. The highest BCUT2D eigenvalue weighted by atomic mass is 79.9. The molecule has 2 aromatic rings. The van der Waals surface area contributed by atoms with Gasteiger partial charge in [0, 0.05) is 6.20 Å². The Labute approximate surface area is 82.5 Å². The van der Waals surface area contributed by atoms with Crippen LogP contribution in [0.15, 0.2) is 17.0 Å². The van der Waals surface area contributed by atoms with E-state index < -0.39 is 0 Å². The predicted molar refractivity (Wildman–Crippen MR) is 50.4 cm³/mol. The molecule has 2 heterocycles. The van der Waals surface area contributed by atoms with Crippen molar-refractivity contribution >= 4 is 33.2 Å². The Bertz CT molecular complexity index is 398. The average Bonchev–Trinajstić information content (AvgIpc) is 2.41. The molecule has 0 aliphatic rings. The largest absolute Gasteiger partial charge is 0.286 e. The Morgan fingerprint density at radius 3 is 3.00 bits per heavy atom. The molecule has 2 aromatic heterocycles. The smallest absolute Gasteiger partial charge is 0.171 e. The standard InChI is InChI=1S/C7H5BrClN3/c1-4-3-12-5(9)2-10-6(8)7(12)11-4/h2-3H,1H3. The summed E-state index contributed by atoms with van der Waals surface area (Å²) in [5.41, 5.74) is 1.67. The number of hydrogen-bond donors (Lipinski definition) is 0. The fourth-order valence-corrected chi connectivity index (χ4v) is 1.60. The van der Waals surface area contributed by atoms with Crippen LogP contribution < -0.4 is 0 Å². The SMILES string of the molecule is Cc1cn2c(Cl)cnc(Br)c2n1. The van der Waals surface area contributed by atoms with Crippen molar-refractivity contribution in [2.75, 3.05) is 0 Å². The number of fused-ring (bicyclic) bond motifs is 1. The highest BCUT2D eigenvalue weighted by Gasteiger charge is 2.05. The molecule has 0 saturated heterocycles. The highest BCUT2D eigenvalue weighted by molar-refractivity contribution is 9.10. The van der Waals surface area contributed by atoms with Crippen molar-refractivity contribution < 1.29 is 0 Å². The van der Waals surface area contributed by atoms with Gasteiger partial charge in [-0.3, -0.25) is 4.40 Å². The normalized spacial score (nSPS) is 10.9. The second-order valence-electron chi connectivity index (χ2n) is 2.45. The molecule has 0 unspecified atom stereocenters. The zero-order chi connectivity index (χ0) is 8.72. The molecule has 62 valence electrons. The van der Waals surface area contributed by atoms with Crippen LogP contribution in [-0.4, -0.2) is 14.4 Å². The Kier molecular flexibility index (Phi) is 1.81. The third-order valence-electron chi connectivity index (χ3n) is 1.53. The first-order valence-corrected chi connectivity index (χ1v) is 4.51. The second kappa shape index (κ2) is 2.71. The van der Waals surface area contributed by atoms with Gasteiger partial charge in [0.05, 0.1) is 11.9 Å². The number of nitrogens with zero attached hydrogens (tertiary/aromatic N) is 3. The van der Waals surface area contributed by atoms with Gasteiger partial charge >= 0.3 is 0 Å². The van der Waals surface area contributed by atoms with Crippen molar-refractivity contribution in [2.45, 2.75) is 6.92 Å². The summed E-state index contributed by atoms with van der Waals surface area (Å²) in [5, 5.41) is 0.564. The topological polar surface area (TPSA) is 30.2 Å². The van der Waals surface area contributed by atoms with Gasteiger partial charge in [-0.1, -0.05) is 11.6 Å². The first-order valence-electron chi connectivity index (χ1n) is 3.34.